The highest BCUT2D eigenvalue weighted by Gasteiger charge is 2.24. The number of anilines is 1. The minimum absolute atomic E-state index is 0.0602. The average molecular weight is 254 g/mol. The van der Waals surface area contributed by atoms with E-state index in [0.717, 1.165) is 18.2 Å². The van der Waals surface area contributed by atoms with E-state index < -0.39 is 27.1 Å². The number of hydrogen-bond acceptors (Lipinski definition) is 6. The van der Waals surface area contributed by atoms with E-state index in [1.807, 2.05) is 0 Å². The normalized spacial score (nSPS) is 9.89. The lowest BCUT2D eigenvalue weighted by atomic mass is 10.2. The van der Waals surface area contributed by atoms with Gasteiger partial charge in [0.15, 0.2) is 0 Å². The van der Waals surface area contributed by atoms with E-state index in [-0.39, 0.29) is 12.1 Å². The van der Waals surface area contributed by atoms with Crippen LogP contribution in [0.1, 0.15) is 13.3 Å². The van der Waals surface area contributed by atoms with Crippen LogP contribution in [0, 0.1) is 20.2 Å². The van der Waals surface area contributed by atoms with E-state index in [1.54, 1.807) is 6.92 Å². The van der Waals surface area contributed by atoms with Crippen molar-refractivity contribution in [2.24, 2.45) is 5.84 Å². The number of carbonyl (C=O) groups is 1. The molecule has 9 heteroatoms. The Morgan fingerprint density at radius 2 is 1.94 bits per heavy atom. The fourth-order valence-electron chi connectivity index (χ4n) is 1.28. The number of non-ortho nitro benzene ring substituents is 1. The smallest absolute Gasteiger partial charge is 0.273 e. The molecule has 0 aromatic heterocycles. The van der Waals surface area contributed by atoms with Crippen molar-refractivity contribution in [3.05, 3.63) is 38.4 Å². The van der Waals surface area contributed by atoms with Gasteiger partial charge in [-0.1, -0.05) is 6.92 Å². The van der Waals surface area contributed by atoms with Crippen LogP contribution < -0.4 is 10.9 Å². The van der Waals surface area contributed by atoms with Gasteiger partial charge in [0.05, 0.1) is 15.9 Å². The van der Waals surface area contributed by atoms with Crippen LogP contribution in [0.2, 0.25) is 0 Å². The molecule has 0 unspecified atom stereocenters. The molecule has 1 amide bonds. The lowest BCUT2D eigenvalue weighted by Gasteiger charge is -2.15. The maximum Gasteiger partial charge on any atom is 0.301 e. The van der Waals surface area contributed by atoms with E-state index >= 15 is 0 Å². The van der Waals surface area contributed by atoms with Crippen molar-refractivity contribution in [1.29, 1.82) is 0 Å². The van der Waals surface area contributed by atoms with Crippen molar-refractivity contribution in [1.82, 2.24) is 0 Å². The molecular weight excluding hydrogens is 244 g/mol. The van der Waals surface area contributed by atoms with Gasteiger partial charge in [-0.2, -0.15) is 0 Å². The number of hydrogen-bond donors (Lipinski definition) is 1. The first-order valence-electron chi connectivity index (χ1n) is 4.89. The molecular formula is C9H10N4O5. The summed E-state index contributed by atoms with van der Waals surface area (Å²) in [5, 5.41) is 21.9. The molecule has 0 heterocycles. The van der Waals surface area contributed by atoms with Crippen LogP contribution in [0.5, 0.6) is 0 Å². The van der Waals surface area contributed by atoms with Crippen LogP contribution in [0.3, 0.4) is 0 Å². The van der Waals surface area contributed by atoms with Gasteiger partial charge in [-0.3, -0.25) is 25.0 Å². The largest absolute Gasteiger partial charge is 0.301 e. The molecule has 0 fully saturated rings. The second-order valence-electron chi connectivity index (χ2n) is 3.30. The molecule has 96 valence electrons. The summed E-state index contributed by atoms with van der Waals surface area (Å²) in [6, 6.07) is 2.88. The Morgan fingerprint density at radius 1 is 1.33 bits per heavy atom. The van der Waals surface area contributed by atoms with Crippen LogP contribution >= 0.6 is 0 Å². The third-order valence-corrected chi connectivity index (χ3v) is 2.20. The van der Waals surface area contributed by atoms with Crippen molar-refractivity contribution in [3.8, 4) is 0 Å². The third kappa shape index (κ3) is 2.58. The van der Waals surface area contributed by atoms with E-state index in [9.17, 15) is 25.0 Å². The molecule has 0 bridgehead atoms. The second-order valence-corrected chi connectivity index (χ2v) is 3.30. The number of nitrogens with zero attached hydrogens (tertiary/aromatic N) is 3. The number of hydrazine groups is 1. The summed E-state index contributed by atoms with van der Waals surface area (Å²) in [5.41, 5.74) is -1.21. The van der Waals surface area contributed by atoms with E-state index in [2.05, 4.69) is 0 Å². The quantitative estimate of drug-likeness (QED) is 0.370. The maximum atomic E-state index is 11.4. The zero-order chi connectivity index (χ0) is 13.9. The summed E-state index contributed by atoms with van der Waals surface area (Å²) in [4.78, 5) is 31.1. The van der Waals surface area contributed by atoms with Gasteiger partial charge in [0.1, 0.15) is 5.69 Å². The van der Waals surface area contributed by atoms with E-state index in [0.29, 0.717) is 5.01 Å². The Bertz CT molecular complexity index is 516. The topological polar surface area (TPSA) is 133 Å². The summed E-state index contributed by atoms with van der Waals surface area (Å²) in [7, 11) is 0. The van der Waals surface area contributed by atoms with Crippen LogP contribution in [-0.2, 0) is 4.79 Å². The predicted molar refractivity (Wildman–Crippen MR) is 61.7 cm³/mol. The molecule has 0 aliphatic rings. The lowest BCUT2D eigenvalue weighted by Crippen LogP contribution is -2.37. The molecule has 0 spiro atoms. The maximum absolute atomic E-state index is 11.4. The Hall–Kier alpha value is -2.55. The Balaban J connectivity index is 3.32. The van der Waals surface area contributed by atoms with Gasteiger partial charge >= 0.3 is 5.69 Å². The van der Waals surface area contributed by atoms with Crippen LogP contribution in [0.4, 0.5) is 17.1 Å². The first-order valence-corrected chi connectivity index (χ1v) is 4.89. The van der Waals surface area contributed by atoms with Crippen LogP contribution in [0.25, 0.3) is 0 Å². The summed E-state index contributed by atoms with van der Waals surface area (Å²) >= 11 is 0. The second kappa shape index (κ2) is 5.19. The highest BCUT2D eigenvalue weighted by Crippen LogP contribution is 2.30. The number of amides is 1. The zero-order valence-electron chi connectivity index (χ0n) is 9.40. The van der Waals surface area contributed by atoms with Gasteiger partial charge in [-0.25, -0.2) is 10.9 Å². The van der Waals surface area contributed by atoms with Gasteiger partial charge in [0, 0.05) is 12.5 Å². The summed E-state index contributed by atoms with van der Waals surface area (Å²) in [6.07, 6.45) is 0.0602. The van der Waals surface area contributed by atoms with Gasteiger partial charge in [0.2, 0.25) is 5.91 Å². The molecule has 0 aliphatic carbocycles. The number of nitrogens with two attached hydrogens (primary N) is 1. The van der Waals surface area contributed by atoms with Gasteiger partial charge in [0.25, 0.3) is 5.69 Å². The number of rotatable bonds is 4. The summed E-state index contributed by atoms with van der Waals surface area (Å²) < 4.78 is 0. The number of carbonyl (C=O) groups excluding carboxylic acids is 1. The standard InChI is InChI=1S/C9H10N4O5/c1-2-9(14)11(10)7-4-3-6(12(15)16)5-8(7)13(17)18/h3-5H,2,10H2,1H3. The van der Waals surface area contributed by atoms with E-state index in [1.165, 1.54) is 0 Å². The third-order valence-electron chi connectivity index (χ3n) is 2.20. The molecule has 9 nitrogen and oxygen atoms in total. The van der Waals surface area contributed by atoms with Crippen molar-refractivity contribution in [2.45, 2.75) is 13.3 Å². The molecule has 2 N–H and O–H groups in total. The van der Waals surface area contributed by atoms with Crippen LogP contribution in [-0.4, -0.2) is 15.8 Å². The summed E-state index contributed by atoms with van der Waals surface area (Å²) in [5.74, 6) is 4.89. The fourth-order valence-corrected chi connectivity index (χ4v) is 1.28. The molecule has 0 saturated heterocycles. The van der Waals surface area contributed by atoms with Gasteiger partial charge in [-0.05, 0) is 6.07 Å². The van der Waals surface area contributed by atoms with Gasteiger partial charge in [-0.15, -0.1) is 0 Å². The first kappa shape index (κ1) is 13.5. The predicted octanol–water partition coefficient (Wildman–Crippen LogP) is 1.12. The molecule has 18 heavy (non-hydrogen) atoms. The van der Waals surface area contributed by atoms with Crippen molar-refractivity contribution in [2.75, 3.05) is 5.01 Å². The SMILES string of the molecule is CCC(=O)N(N)c1ccc([N+](=O)[O-])cc1[N+](=O)[O-]. The minimum atomic E-state index is -0.828. The highest BCUT2D eigenvalue weighted by molar-refractivity contribution is 5.94. The molecule has 1 aromatic rings. The fraction of sp³-hybridized carbons (Fsp3) is 0.222. The number of nitro benzene ring substituents is 2. The van der Waals surface area contributed by atoms with Crippen molar-refractivity contribution < 1.29 is 14.6 Å². The first-order chi connectivity index (χ1) is 8.38. The highest BCUT2D eigenvalue weighted by atomic mass is 16.6. The average Bonchev–Trinajstić information content (AvgIpc) is 2.35. The molecule has 1 aromatic carbocycles. The Kier molecular flexibility index (Phi) is 3.89. The van der Waals surface area contributed by atoms with Crippen molar-refractivity contribution >= 4 is 23.0 Å². The summed E-state index contributed by atoms with van der Waals surface area (Å²) in [6.45, 7) is 1.54. The molecule has 0 saturated carbocycles. The molecule has 0 aliphatic heterocycles. The van der Waals surface area contributed by atoms with Crippen molar-refractivity contribution in [3.63, 3.8) is 0 Å². The molecule has 1 rings (SSSR count). The Morgan fingerprint density at radius 3 is 2.39 bits per heavy atom. The molecule has 0 radical (unpaired) electrons. The Labute approximate surface area is 101 Å². The minimum Gasteiger partial charge on any atom is -0.273 e. The zero-order valence-corrected chi connectivity index (χ0v) is 9.40. The number of nitro groups is 2. The lowest BCUT2D eigenvalue weighted by molar-refractivity contribution is -0.393. The van der Waals surface area contributed by atoms with Crippen LogP contribution in [0.15, 0.2) is 18.2 Å². The molecule has 0 atom stereocenters. The monoisotopic (exact) mass is 254 g/mol. The van der Waals surface area contributed by atoms with Gasteiger partial charge < -0.3 is 0 Å². The van der Waals surface area contributed by atoms with E-state index in [4.69, 9.17) is 5.84 Å². The number of benzene rings is 1.